The maximum Gasteiger partial charge on any atom is 0.0639 e. The fraction of sp³-hybridized carbons (Fsp3) is 0.556. The summed E-state index contributed by atoms with van der Waals surface area (Å²) in [4.78, 5) is 0. The van der Waals surface area contributed by atoms with Crippen molar-refractivity contribution in [3.63, 3.8) is 0 Å². The molecule has 1 N–H and O–H groups in total. The highest BCUT2D eigenvalue weighted by Crippen LogP contribution is 2.24. The molecule has 0 saturated heterocycles. The third kappa shape index (κ3) is 4.08. The summed E-state index contributed by atoms with van der Waals surface area (Å²) < 4.78 is 7.92. The minimum absolute atomic E-state index is 0.0718. The molecule has 0 radical (unpaired) electrons. The summed E-state index contributed by atoms with van der Waals surface area (Å²) in [6.45, 7) is 6.35. The summed E-state index contributed by atoms with van der Waals surface area (Å²) in [7, 11) is 3.80. The van der Waals surface area contributed by atoms with E-state index in [4.69, 9.17) is 4.74 Å². The quantitative estimate of drug-likeness (QED) is 0.751. The minimum atomic E-state index is -0.0718. The molecule has 1 aromatic heterocycles. The van der Waals surface area contributed by atoms with Gasteiger partial charge in [-0.3, -0.25) is 0 Å². The zero-order chi connectivity index (χ0) is 15.3. The number of benzene rings is 1. The first-order valence-electron chi connectivity index (χ1n) is 7.84. The second-order valence-electron chi connectivity index (χ2n) is 6.29. The number of aromatic nitrogens is 1. The Balaban J connectivity index is 2.19. The average molecular weight is 288 g/mol. The van der Waals surface area contributed by atoms with Gasteiger partial charge in [0.2, 0.25) is 0 Å². The molecule has 2 aromatic rings. The van der Waals surface area contributed by atoms with E-state index in [1.54, 1.807) is 7.11 Å². The van der Waals surface area contributed by atoms with Gasteiger partial charge in [-0.2, -0.15) is 0 Å². The molecule has 0 saturated carbocycles. The number of fused-ring (bicyclic) bond motifs is 1. The molecule has 0 aliphatic carbocycles. The fourth-order valence-corrected chi connectivity index (χ4v) is 2.65. The lowest BCUT2D eigenvalue weighted by molar-refractivity contribution is 0.0123. The van der Waals surface area contributed by atoms with E-state index in [0.717, 1.165) is 25.9 Å². The lowest BCUT2D eigenvalue weighted by Crippen LogP contribution is -2.24. The summed E-state index contributed by atoms with van der Waals surface area (Å²) in [6.07, 6.45) is 5.64. The molecular weight excluding hydrogens is 260 g/mol. The van der Waals surface area contributed by atoms with Gasteiger partial charge in [0.05, 0.1) is 5.60 Å². The van der Waals surface area contributed by atoms with Crippen molar-refractivity contribution in [3.8, 4) is 0 Å². The van der Waals surface area contributed by atoms with Crippen molar-refractivity contribution in [2.75, 3.05) is 20.7 Å². The first-order chi connectivity index (χ1) is 10.1. The lowest BCUT2D eigenvalue weighted by Gasteiger charge is -2.23. The molecule has 0 fully saturated rings. The van der Waals surface area contributed by atoms with Crippen molar-refractivity contribution < 1.29 is 4.74 Å². The molecule has 0 unspecified atom stereocenters. The Bertz CT molecular complexity index is 572. The molecule has 0 bridgehead atoms. The van der Waals surface area contributed by atoms with E-state index in [0.29, 0.717) is 0 Å². The van der Waals surface area contributed by atoms with Gasteiger partial charge in [-0.05, 0) is 58.3 Å². The van der Waals surface area contributed by atoms with Gasteiger partial charge in [-0.25, -0.2) is 0 Å². The molecule has 0 amide bonds. The van der Waals surface area contributed by atoms with Crippen molar-refractivity contribution in [2.24, 2.45) is 0 Å². The van der Waals surface area contributed by atoms with Crippen LogP contribution in [-0.4, -0.2) is 30.9 Å². The van der Waals surface area contributed by atoms with Crippen LogP contribution < -0.4 is 5.32 Å². The van der Waals surface area contributed by atoms with Gasteiger partial charge >= 0.3 is 0 Å². The van der Waals surface area contributed by atoms with Crippen LogP contribution in [0.4, 0.5) is 0 Å². The fourth-order valence-electron chi connectivity index (χ4n) is 2.65. The van der Waals surface area contributed by atoms with E-state index in [9.17, 15) is 0 Å². The molecule has 21 heavy (non-hydrogen) atoms. The van der Waals surface area contributed by atoms with Crippen LogP contribution >= 0.6 is 0 Å². The molecule has 1 aromatic carbocycles. The van der Waals surface area contributed by atoms with Crippen LogP contribution in [0, 0.1) is 0 Å². The number of ether oxygens (including phenoxy) is 1. The zero-order valence-electron chi connectivity index (χ0n) is 13.8. The van der Waals surface area contributed by atoms with E-state index < -0.39 is 0 Å². The SMILES string of the molecule is CNCCCc1cn(CCC(C)(C)OC)c2ccccc12. The highest BCUT2D eigenvalue weighted by Gasteiger charge is 2.17. The molecule has 2 rings (SSSR count). The van der Waals surface area contributed by atoms with Gasteiger partial charge in [-0.15, -0.1) is 0 Å². The smallest absolute Gasteiger partial charge is 0.0639 e. The zero-order valence-corrected chi connectivity index (χ0v) is 13.8. The molecule has 0 aliphatic rings. The highest BCUT2D eigenvalue weighted by atomic mass is 16.5. The Labute approximate surface area is 128 Å². The third-order valence-corrected chi connectivity index (χ3v) is 4.25. The molecule has 3 nitrogen and oxygen atoms in total. The first-order valence-corrected chi connectivity index (χ1v) is 7.84. The molecular formula is C18H28N2O. The number of aryl methyl sites for hydroxylation is 2. The third-order valence-electron chi connectivity index (χ3n) is 4.25. The lowest BCUT2D eigenvalue weighted by atomic mass is 10.1. The number of rotatable bonds is 8. The van der Waals surface area contributed by atoms with E-state index >= 15 is 0 Å². The summed E-state index contributed by atoms with van der Waals surface area (Å²) in [5.41, 5.74) is 2.72. The van der Waals surface area contributed by atoms with Crippen LogP contribution in [0.15, 0.2) is 30.5 Å². The molecule has 0 spiro atoms. The standard InChI is InChI=1S/C18H28N2O/c1-18(2,21-4)11-13-20-14-15(8-7-12-19-3)16-9-5-6-10-17(16)20/h5-6,9-10,14,19H,7-8,11-13H2,1-4H3. The van der Waals surface area contributed by atoms with Crippen molar-refractivity contribution in [3.05, 3.63) is 36.0 Å². The van der Waals surface area contributed by atoms with Crippen LogP contribution in [0.5, 0.6) is 0 Å². The van der Waals surface area contributed by atoms with Crippen LogP contribution in [0.2, 0.25) is 0 Å². The Morgan fingerprint density at radius 3 is 2.71 bits per heavy atom. The number of nitrogens with zero attached hydrogens (tertiary/aromatic N) is 1. The second-order valence-corrected chi connectivity index (χ2v) is 6.29. The minimum Gasteiger partial charge on any atom is -0.379 e. The van der Waals surface area contributed by atoms with Gasteiger partial charge in [0, 0.05) is 30.8 Å². The van der Waals surface area contributed by atoms with Crippen LogP contribution in [-0.2, 0) is 17.7 Å². The van der Waals surface area contributed by atoms with E-state index in [1.165, 1.54) is 22.9 Å². The highest BCUT2D eigenvalue weighted by molar-refractivity contribution is 5.83. The summed E-state index contributed by atoms with van der Waals surface area (Å²) >= 11 is 0. The van der Waals surface area contributed by atoms with Crippen molar-refractivity contribution in [1.29, 1.82) is 0 Å². The van der Waals surface area contributed by atoms with Gasteiger partial charge in [0.15, 0.2) is 0 Å². The molecule has 3 heteroatoms. The number of hydrogen-bond donors (Lipinski definition) is 1. The maximum absolute atomic E-state index is 5.54. The summed E-state index contributed by atoms with van der Waals surface area (Å²) in [5.74, 6) is 0. The van der Waals surface area contributed by atoms with Crippen LogP contribution in [0.1, 0.15) is 32.3 Å². The normalized spacial score (nSPS) is 12.2. The molecule has 0 aliphatic heterocycles. The average Bonchev–Trinajstić information content (AvgIpc) is 2.84. The maximum atomic E-state index is 5.54. The van der Waals surface area contributed by atoms with Gasteiger partial charge in [0.25, 0.3) is 0 Å². The topological polar surface area (TPSA) is 26.2 Å². The monoisotopic (exact) mass is 288 g/mol. The molecule has 0 atom stereocenters. The van der Waals surface area contributed by atoms with E-state index in [1.807, 2.05) is 7.05 Å². The number of methoxy groups -OCH3 is 1. The van der Waals surface area contributed by atoms with Crippen molar-refractivity contribution in [2.45, 2.75) is 45.3 Å². The van der Waals surface area contributed by atoms with Gasteiger partial charge < -0.3 is 14.6 Å². The molecule has 116 valence electrons. The molecule has 1 heterocycles. The van der Waals surface area contributed by atoms with Gasteiger partial charge in [0.1, 0.15) is 0 Å². The Morgan fingerprint density at radius 1 is 1.24 bits per heavy atom. The van der Waals surface area contributed by atoms with Crippen LogP contribution in [0.3, 0.4) is 0 Å². The van der Waals surface area contributed by atoms with E-state index in [2.05, 4.69) is 54.2 Å². The van der Waals surface area contributed by atoms with Crippen molar-refractivity contribution >= 4 is 10.9 Å². The Morgan fingerprint density at radius 2 is 2.00 bits per heavy atom. The summed E-state index contributed by atoms with van der Waals surface area (Å²) in [6, 6.07) is 8.71. The summed E-state index contributed by atoms with van der Waals surface area (Å²) in [5, 5.41) is 4.61. The first kappa shape index (κ1) is 16.1. The van der Waals surface area contributed by atoms with E-state index in [-0.39, 0.29) is 5.60 Å². The number of nitrogens with one attached hydrogen (secondary N) is 1. The second kappa shape index (κ2) is 7.10. The Kier molecular flexibility index (Phi) is 5.43. The number of hydrogen-bond acceptors (Lipinski definition) is 2. The van der Waals surface area contributed by atoms with Crippen molar-refractivity contribution in [1.82, 2.24) is 9.88 Å². The number of para-hydroxylation sites is 1. The van der Waals surface area contributed by atoms with Gasteiger partial charge in [-0.1, -0.05) is 18.2 Å². The predicted octanol–water partition coefficient (Wildman–Crippen LogP) is 3.61. The largest absolute Gasteiger partial charge is 0.379 e. The Hall–Kier alpha value is -1.32. The van der Waals surface area contributed by atoms with Crippen LogP contribution in [0.25, 0.3) is 10.9 Å². The predicted molar refractivity (Wildman–Crippen MR) is 89.9 cm³/mol.